The van der Waals surface area contributed by atoms with E-state index in [0.717, 1.165) is 0 Å². The monoisotopic (exact) mass is 399 g/mol. The van der Waals surface area contributed by atoms with Crippen molar-refractivity contribution in [3.8, 4) is 11.5 Å². The highest BCUT2D eigenvalue weighted by Gasteiger charge is 2.26. The number of hydrogen-bond acceptors (Lipinski definition) is 6. The van der Waals surface area contributed by atoms with Crippen molar-refractivity contribution in [2.45, 2.75) is 18.6 Å². The number of nitrogens with zero attached hydrogens (tertiary/aromatic N) is 1. The predicted octanol–water partition coefficient (Wildman–Crippen LogP) is 4.33. The van der Waals surface area contributed by atoms with Gasteiger partial charge in [0.25, 0.3) is 0 Å². The molecule has 1 unspecified atom stereocenters. The zero-order valence-corrected chi connectivity index (χ0v) is 15.6. The second-order valence-corrected chi connectivity index (χ2v) is 7.78. The number of aromatic hydroxyl groups is 2. The number of rotatable bonds is 2. The zero-order valence-electron chi connectivity index (χ0n) is 13.3. The number of hydrogen-bond donors (Lipinski definition) is 2. The molecule has 0 radical (unpaired) electrons. The van der Waals surface area contributed by atoms with Gasteiger partial charge in [0.1, 0.15) is 22.8 Å². The minimum Gasteiger partial charge on any atom is -0.507 e. The van der Waals surface area contributed by atoms with Crippen LogP contribution in [-0.4, -0.2) is 28.2 Å². The smallest absolute Gasteiger partial charge is 0.348 e. The summed E-state index contributed by atoms with van der Waals surface area (Å²) >= 11 is 13.7. The van der Waals surface area contributed by atoms with E-state index >= 15 is 0 Å². The fourth-order valence-electron chi connectivity index (χ4n) is 2.75. The van der Waals surface area contributed by atoms with E-state index in [9.17, 15) is 15.0 Å². The molecule has 132 valence electrons. The Morgan fingerprint density at radius 2 is 2.04 bits per heavy atom. The number of benzene rings is 1. The van der Waals surface area contributed by atoms with Crippen LogP contribution in [0.2, 0.25) is 10.0 Å². The van der Waals surface area contributed by atoms with Crippen LogP contribution in [0, 0.1) is 6.92 Å². The van der Waals surface area contributed by atoms with Crippen molar-refractivity contribution in [1.29, 1.82) is 0 Å². The number of thioether (sulfide) groups is 1. The third-order valence-electron chi connectivity index (χ3n) is 3.84. The van der Waals surface area contributed by atoms with Gasteiger partial charge in [-0.1, -0.05) is 23.2 Å². The van der Waals surface area contributed by atoms with Gasteiger partial charge in [-0.05, 0) is 19.1 Å². The largest absolute Gasteiger partial charge is 0.507 e. The maximum Gasteiger partial charge on any atom is 0.348 e. The Morgan fingerprint density at radius 1 is 1.28 bits per heavy atom. The lowest BCUT2D eigenvalue weighted by Crippen LogP contribution is -2.17. The molecule has 3 rings (SSSR count). The Balaban J connectivity index is 2.03. The van der Waals surface area contributed by atoms with E-state index in [2.05, 4.69) is 4.99 Å². The minimum atomic E-state index is -0.629. The van der Waals surface area contributed by atoms with Crippen LogP contribution in [-0.2, 0) is 0 Å². The standard InChI is InChI=1S/C17H15Cl2NO4S/c1-8-4-13(21)15(17(23)24-8)12-7-14(25-3-2-20-12)10-5-9(18)6-11(19)16(10)22/h4-6,14,21-22H,2-3,7H2,1H3. The molecule has 0 saturated carbocycles. The molecule has 1 aliphatic heterocycles. The predicted molar refractivity (Wildman–Crippen MR) is 101 cm³/mol. The minimum absolute atomic E-state index is 0.0371. The molecule has 2 heterocycles. The van der Waals surface area contributed by atoms with Gasteiger partial charge < -0.3 is 14.6 Å². The molecule has 0 saturated heterocycles. The van der Waals surface area contributed by atoms with Crippen molar-refractivity contribution < 1.29 is 14.6 Å². The summed E-state index contributed by atoms with van der Waals surface area (Å²) < 4.78 is 5.09. The first-order chi connectivity index (χ1) is 11.9. The fourth-order valence-corrected chi connectivity index (χ4v) is 4.37. The molecule has 0 amide bonds. The van der Waals surface area contributed by atoms with E-state index in [4.69, 9.17) is 27.6 Å². The van der Waals surface area contributed by atoms with Crippen LogP contribution in [0.4, 0.5) is 0 Å². The van der Waals surface area contributed by atoms with Gasteiger partial charge in [-0.2, -0.15) is 11.8 Å². The van der Waals surface area contributed by atoms with E-state index in [1.54, 1.807) is 24.8 Å². The Hall–Kier alpha value is -1.63. The molecule has 0 fully saturated rings. The van der Waals surface area contributed by atoms with Crippen LogP contribution in [0.25, 0.3) is 0 Å². The number of phenolic OH excluding ortho intramolecular Hbond substituents is 1. The number of aliphatic imine (C=N–C) groups is 1. The molecular formula is C17H15Cl2NO4S. The maximum atomic E-state index is 12.2. The molecule has 0 bridgehead atoms. The fraction of sp³-hybridized carbons (Fsp3) is 0.294. The lowest BCUT2D eigenvalue weighted by Gasteiger charge is -2.18. The lowest BCUT2D eigenvalue weighted by molar-refractivity contribution is 0.432. The van der Waals surface area contributed by atoms with Crippen molar-refractivity contribution in [1.82, 2.24) is 0 Å². The maximum absolute atomic E-state index is 12.2. The summed E-state index contributed by atoms with van der Waals surface area (Å²) in [6.45, 7) is 2.07. The van der Waals surface area contributed by atoms with Gasteiger partial charge >= 0.3 is 5.63 Å². The molecule has 2 aromatic rings. The first-order valence-corrected chi connectivity index (χ1v) is 9.34. The second-order valence-electron chi connectivity index (χ2n) is 5.62. The van der Waals surface area contributed by atoms with Gasteiger partial charge in [0.05, 0.1) is 10.7 Å². The molecular weight excluding hydrogens is 385 g/mol. The Labute approximate surface area is 158 Å². The molecule has 25 heavy (non-hydrogen) atoms. The van der Waals surface area contributed by atoms with E-state index in [1.807, 2.05) is 0 Å². The molecule has 8 heteroatoms. The van der Waals surface area contributed by atoms with Crippen LogP contribution in [0.15, 0.2) is 32.4 Å². The normalized spacial score (nSPS) is 17.9. The van der Waals surface area contributed by atoms with Crippen molar-refractivity contribution in [2.24, 2.45) is 4.99 Å². The van der Waals surface area contributed by atoms with Gasteiger partial charge in [0.15, 0.2) is 0 Å². The molecule has 1 atom stereocenters. The molecule has 0 spiro atoms. The summed E-state index contributed by atoms with van der Waals surface area (Å²) in [6, 6.07) is 4.51. The molecule has 2 N–H and O–H groups in total. The van der Waals surface area contributed by atoms with Crippen molar-refractivity contribution in [3.63, 3.8) is 0 Å². The van der Waals surface area contributed by atoms with Gasteiger partial charge in [-0.15, -0.1) is 0 Å². The lowest BCUT2D eigenvalue weighted by atomic mass is 10.0. The van der Waals surface area contributed by atoms with Crippen LogP contribution in [0.1, 0.15) is 28.6 Å². The number of aryl methyl sites for hydroxylation is 1. The van der Waals surface area contributed by atoms with E-state index in [-0.39, 0.29) is 27.3 Å². The average Bonchev–Trinajstić information content (AvgIpc) is 2.76. The second kappa shape index (κ2) is 7.32. The quantitative estimate of drug-likeness (QED) is 0.784. The first-order valence-electron chi connectivity index (χ1n) is 7.53. The molecule has 0 aliphatic carbocycles. The van der Waals surface area contributed by atoms with Crippen molar-refractivity contribution in [3.05, 3.63) is 55.6 Å². The van der Waals surface area contributed by atoms with Gasteiger partial charge in [0.2, 0.25) is 0 Å². The van der Waals surface area contributed by atoms with Crippen LogP contribution in [0.3, 0.4) is 0 Å². The van der Waals surface area contributed by atoms with E-state index < -0.39 is 5.63 Å². The molecule has 1 aliphatic rings. The van der Waals surface area contributed by atoms with E-state index in [1.165, 1.54) is 12.1 Å². The third kappa shape index (κ3) is 3.81. The summed E-state index contributed by atoms with van der Waals surface area (Å²) in [6.07, 6.45) is 0.330. The molecule has 1 aromatic carbocycles. The Bertz CT molecular complexity index is 910. The SMILES string of the molecule is Cc1cc(O)c(C2=NCCSC(c3cc(Cl)cc(Cl)c3O)C2)c(=O)o1. The average molecular weight is 400 g/mol. The highest BCUT2D eigenvalue weighted by atomic mass is 35.5. The topological polar surface area (TPSA) is 83.0 Å². The zero-order chi connectivity index (χ0) is 18.1. The first kappa shape index (κ1) is 18.2. The summed E-state index contributed by atoms with van der Waals surface area (Å²) in [4.78, 5) is 16.6. The molecule has 1 aromatic heterocycles. The Morgan fingerprint density at radius 3 is 2.76 bits per heavy atom. The summed E-state index contributed by atoms with van der Waals surface area (Å²) in [7, 11) is 0. The highest BCUT2D eigenvalue weighted by Crippen LogP contribution is 2.43. The summed E-state index contributed by atoms with van der Waals surface area (Å²) in [5, 5.41) is 20.8. The summed E-state index contributed by atoms with van der Waals surface area (Å²) in [5.41, 5.74) is 0.450. The van der Waals surface area contributed by atoms with Crippen molar-refractivity contribution >= 4 is 40.7 Å². The van der Waals surface area contributed by atoms with Crippen LogP contribution < -0.4 is 5.63 Å². The third-order valence-corrected chi connectivity index (χ3v) is 5.59. The number of halogens is 2. The van der Waals surface area contributed by atoms with Gasteiger partial charge in [0, 0.05) is 40.6 Å². The van der Waals surface area contributed by atoms with Gasteiger partial charge in [-0.25, -0.2) is 4.79 Å². The number of phenols is 1. The summed E-state index contributed by atoms with van der Waals surface area (Å²) in [5.74, 6) is 0.817. The molecule has 5 nitrogen and oxygen atoms in total. The van der Waals surface area contributed by atoms with Gasteiger partial charge in [-0.3, -0.25) is 4.99 Å². The van der Waals surface area contributed by atoms with E-state index in [0.29, 0.717) is 40.8 Å². The van der Waals surface area contributed by atoms with Crippen LogP contribution >= 0.6 is 35.0 Å². The highest BCUT2D eigenvalue weighted by molar-refractivity contribution is 7.99. The van der Waals surface area contributed by atoms with Crippen molar-refractivity contribution in [2.75, 3.05) is 12.3 Å². The van der Waals surface area contributed by atoms with Crippen LogP contribution in [0.5, 0.6) is 11.5 Å². The Kier molecular flexibility index (Phi) is 5.32.